The number of carbonyl (C=O) groups excluding carboxylic acids is 1. The predicted molar refractivity (Wildman–Crippen MR) is 108 cm³/mol. The largest absolute Gasteiger partial charge is 0.454 e. The Bertz CT molecular complexity index is 1190. The fourth-order valence-corrected chi connectivity index (χ4v) is 3.73. The minimum Gasteiger partial charge on any atom is -0.454 e. The molecule has 8 nitrogen and oxygen atoms in total. The summed E-state index contributed by atoms with van der Waals surface area (Å²) in [7, 11) is -3.70. The lowest BCUT2D eigenvalue weighted by atomic mass is 10.2. The SMILES string of the molecule is Cc1ccc(S(=O)(=O)NCCC(=O)O[C@@H](C)c2nc3ccccc3c(=O)[nH]2)cc1. The lowest BCUT2D eigenvalue weighted by Gasteiger charge is -2.13. The Labute approximate surface area is 168 Å². The molecule has 152 valence electrons. The number of carbonyl (C=O) groups is 1. The van der Waals surface area contributed by atoms with E-state index in [1.807, 2.05) is 6.92 Å². The summed E-state index contributed by atoms with van der Waals surface area (Å²) in [6.07, 6.45) is -0.943. The number of rotatable bonds is 7. The van der Waals surface area contributed by atoms with Crippen LogP contribution < -0.4 is 10.3 Å². The number of hydrogen-bond acceptors (Lipinski definition) is 6. The number of benzene rings is 2. The molecule has 1 atom stereocenters. The second kappa shape index (κ2) is 8.54. The number of nitrogens with zero attached hydrogens (tertiary/aromatic N) is 1. The highest BCUT2D eigenvalue weighted by Crippen LogP contribution is 2.15. The van der Waals surface area contributed by atoms with E-state index in [-0.39, 0.29) is 29.2 Å². The van der Waals surface area contributed by atoms with E-state index in [0.29, 0.717) is 10.9 Å². The van der Waals surface area contributed by atoms with Crippen molar-refractivity contribution in [3.63, 3.8) is 0 Å². The Morgan fingerprint density at radius 1 is 1.17 bits per heavy atom. The van der Waals surface area contributed by atoms with Gasteiger partial charge in [0.05, 0.1) is 22.2 Å². The van der Waals surface area contributed by atoms with Gasteiger partial charge >= 0.3 is 5.97 Å². The maximum Gasteiger partial charge on any atom is 0.307 e. The molecule has 0 aliphatic carbocycles. The quantitative estimate of drug-likeness (QED) is 0.571. The Morgan fingerprint density at radius 2 is 1.86 bits per heavy atom. The van der Waals surface area contributed by atoms with Gasteiger partial charge in [0, 0.05) is 6.54 Å². The fraction of sp³-hybridized carbons (Fsp3) is 0.250. The average molecular weight is 415 g/mol. The van der Waals surface area contributed by atoms with E-state index in [1.54, 1.807) is 43.3 Å². The molecule has 2 aromatic carbocycles. The van der Waals surface area contributed by atoms with Crippen LogP contribution in [0.2, 0.25) is 0 Å². The normalized spacial score (nSPS) is 12.6. The van der Waals surface area contributed by atoms with Gasteiger partial charge in [-0.15, -0.1) is 0 Å². The van der Waals surface area contributed by atoms with Crippen LogP contribution in [0.5, 0.6) is 0 Å². The molecule has 9 heteroatoms. The van der Waals surface area contributed by atoms with E-state index in [4.69, 9.17) is 4.74 Å². The summed E-state index contributed by atoms with van der Waals surface area (Å²) in [5.41, 5.74) is 1.13. The maximum atomic E-state index is 12.2. The Hall–Kier alpha value is -3.04. The molecule has 0 aliphatic heterocycles. The summed E-state index contributed by atoms with van der Waals surface area (Å²) in [4.78, 5) is 31.2. The van der Waals surface area contributed by atoms with Gasteiger partial charge in [-0.05, 0) is 38.1 Å². The van der Waals surface area contributed by atoms with Gasteiger partial charge in [-0.25, -0.2) is 18.1 Å². The van der Waals surface area contributed by atoms with Gasteiger partial charge in [0.1, 0.15) is 0 Å². The second-order valence-electron chi connectivity index (χ2n) is 6.56. The van der Waals surface area contributed by atoms with Gasteiger partial charge in [-0.1, -0.05) is 29.8 Å². The van der Waals surface area contributed by atoms with Crippen LogP contribution >= 0.6 is 0 Å². The van der Waals surface area contributed by atoms with Crippen molar-refractivity contribution >= 4 is 26.9 Å². The molecule has 1 heterocycles. The number of fused-ring (bicyclic) bond motifs is 1. The van der Waals surface area contributed by atoms with Crippen LogP contribution in [0.4, 0.5) is 0 Å². The van der Waals surface area contributed by atoms with Crippen molar-refractivity contribution in [2.75, 3.05) is 6.54 Å². The molecule has 3 aromatic rings. The molecule has 0 radical (unpaired) electrons. The smallest absolute Gasteiger partial charge is 0.307 e. The summed E-state index contributed by atoms with van der Waals surface area (Å²) in [5, 5.41) is 0.445. The highest BCUT2D eigenvalue weighted by molar-refractivity contribution is 7.89. The van der Waals surface area contributed by atoms with Crippen LogP contribution in [0, 0.1) is 6.92 Å². The number of aromatic nitrogens is 2. The van der Waals surface area contributed by atoms with E-state index in [1.165, 1.54) is 12.1 Å². The monoisotopic (exact) mass is 415 g/mol. The molecule has 0 bridgehead atoms. The van der Waals surface area contributed by atoms with Gasteiger partial charge in [0.2, 0.25) is 10.0 Å². The fourth-order valence-electron chi connectivity index (χ4n) is 2.70. The first-order chi connectivity index (χ1) is 13.8. The summed E-state index contributed by atoms with van der Waals surface area (Å²) >= 11 is 0. The van der Waals surface area contributed by atoms with E-state index < -0.39 is 22.1 Å². The van der Waals surface area contributed by atoms with Crippen molar-refractivity contribution in [3.05, 3.63) is 70.3 Å². The van der Waals surface area contributed by atoms with Crippen LogP contribution in [-0.4, -0.2) is 30.9 Å². The van der Waals surface area contributed by atoms with Crippen molar-refractivity contribution < 1.29 is 17.9 Å². The third kappa shape index (κ3) is 5.07. The predicted octanol–water partition coefficient (Wildman–Crippen LogP) is 2.20. The molecule has 0 saturated heterocycles. The second-order valence-corrected chi connectivity index (χ2v) is 8.33. The minimum absolute atomic E-state index is 0.108. The minimum atomic E-state index is -3.70. The lowest BCUT2D eigenvalue weighted by Crippen LogP contribution is -2.27. The Balaban J connectivity index is 1.58. The summed E-state index contributed by atoms with van der Waals surface area (Å²) in [6, 6.07) is 13.2. The molecule has 0 amide bonds. The van der Waals surface area contributed by atoms with Gasteiger partial charge in [0.15, 0.2) is 11.9 Å². The van der Waals surface area contributed by atoms with Gasteiger partial charge in [0.25, 0.3) is 5.56 Å². The van der Waals surface area contributed by atoms with Crippen LogP contribution in [0.1, 0.15) is 30.8 Å². The molecule has 29 heavy (non-hydrogen) atoms. The molecular weight excluding hydrogens is 394 g/mol. The van der Waals surface area contributed by atoms with Crippen LogP contribution in [0.15, 0.2) is 58.2 Å². The first-order valence-electron chi connectivity index (χ1n) is 9.01. The average Bonchev–Trinajstić information content (AvgIpc) is 2.68. The Kier molecular flexibility index (Phi) is 6.09. The highest BCUT2D eigenvalue weighted by atomic mass is 32.2. The molecule has 2 N–H and O–H groups in total. The number of esters is 1. The summed E-state index contributed by atoms with van der Waals surface area (Å²) < 4.78 is 32.1. The maximum absolute atomic E-state index is 12.2. The highest BCUT2D eigenvalue weighted by Gasteiger charge is 2.17. The van der Waals surface area contributed by atoms with E-state index in [0.717, 1.165) is 5.56 Å². The van der Waals surface area contributed by atoms with Gasteiger partial charge in [-0.2, -0.15) is 0 Å². The van der Waals surface area contributed by atoms with Crippen LogP contribution in [0.25, 0.3) is 10.9 Å². The molecule has 0 aliphatic rings. The number of para-hydroxylation sites is 1. The van der Waals surface area contributed by atoms with E-state index >= 15 is 0 Å². The number of H-pyrrole nitrogens is 1. The Morgan fingerprint density at radius 3 is 2.59 bits per heavy atom. The van der Waals surface area contributed by atoms with Crippen molar-refractivity contribution in [2.45, 2.75) is 31.3 Å². The zero-order valence-electron chi connectivity index (χ0n) is 16.0. The van der Waals surface area contributed by atoms with E-state index in [9.17, 15) is 18.0 Å². The molecule has 0 unspecified atom stereocenters. The van der Waals surface area contributed by atoms with Crippen LogP contribution in [0.3, 0.4) is 0 Å². The number of ether oxygens (including phenoxy) is 1. The van der Waals surface area contributed by atoms with Gasteiger partial charge in [-0.3, -0.25) is 9.59 Å². The zero-order chi connectivity index (χ0) is 21.0. The first-order valence-corrected chi connectivity index (χ1v) is 10.5. The molecule has 0 spiro atoms. The third-order valence-electron chi connectivity index (χ3n) is 4.28. The first kappa shape index (κ1) is 20.7. The number of hydrogen-bond donors (Lipinski definition) is 2. The van der Waals surface area contributed by atoms with E-state index in [2.05, 4.69) is 14.7 Å². The van der Waals surface area contributed by atoms with Crippen LogP contribution in [-0.2, 0) is 19.6 Å². The molecule has 3 rings (SSSR count). The molecular formula is C20H21N3O5S. The van der Waals surface area contributed by atoms with Crippen molar-refractivity contribution in [2.24, 2.45) is 0 Å². The number of nitrogens with one attached hydrogen (secondary N) is 2. The summed E-state index contributed by atoms with van der Waals surface area (Å²) in [6.45, 7) is 3.34. The molecule has 0 fully saturated rings. The van der Waals surface area contributed by atoms with Gasteiger partial charge < -0.3 is 9.72 Å². The van der Waals surface area contributed by atoms with Crippen molar-refractivity contribution in [3.8, 4) is 0 Å². The third-order valence-corrected chi connectivity index (χ3v) is 5.75. The topological polar surface area (TPSA) is 118 Å². The van der Waals surface area contributed by atoms with Crippen molar-refractivity contribution in [1.82, 2.24) is 14.7 Å². The number of aryl methyl sites for hydroxylation is 1. The lowest BCUT2D eigenvalue weighted by molar-refractivity contribution is -0.148. The number of sulfonamides is 1. The number of aromatic amines is 1. The zero-order valence-corrected chi connectivity index (χ0v) is 16.8. The van der Waals surface area contributed by atoms with Crippen molar-refractivity contribution in [1.29, 1.82) is 0 Å². The molecule has 0 saturated carbocycles. The molecule has 1 aromatic heterocycles. The standard InChI is InChI=1S/C20H21N3O5S/c1-13-7-9-15(10-8-13)29(26,27)21-12-11-18(24)28-14(2)19-22-17-6-4-3-5-16(17)20(25)23-19/h3-10,14,21H,11-12H2,1-2H3,(H,22,23,25)/t14-/m0/s1. The summed E-state index contributed by atoms with van der Waals surface area (Å²) in [5.74, 6) is -0.387.